The van der Waals surface area contributed by atoms with E-state index in [1.165, 1.54) is 0 Å². The number of nitrogens with one attached hydrogen (secondary N) is 1. The summed E-state index contributed by atoms with van der Waals surface area (Å²) in [6.45, 7) is 12.9. The van der Waals surface area contributed by atoms with Crippen LogP contribution in [0.15, 0.2) is 0 Å². The zero-order valence-electron chi connectivity index (χ0n) is 14.3. The Hall–Kier alpha value is -0.390. The number of ether oxygens (including phenoxy) is 1. The molecule has 0 fully saturated rings. The minimum absolute atomic E-state index is 0.0752. The maximum Gasteiger partial charge on any atom is 0.152 e. The average molecular weight is 317 g/mol. The maximum atomic E-state index is 12.0. The van der Waals surface area contributed by atoms with Crippen molar-refractivity contribution in [2.75, 3.05) is 19.8 Å². The molecule has 0 aromatic carbocycles. The maximum absolute atomic E-state index is 12.0. The molecule has 0 unspecified atom stereocenters. The van der Waals surface area contributed by atoms with Crippen LogP contribution in [0, 0.1) is 5.92 Å². The molecule has 0 saturated heterocycles. The molecule has 1 N–H and O–H groups in total. The number of hydrogen-bond donors (Lipinski definition) is 2. The van der Waals surface area contributed by atoms with Crippen LogP contribution in [-0.2, 0) is 14.3 Å². The third kappa shape index (κ3) is 9.27. The van der Waals surface area contributed by atoms with Gasteiger partial charge < -0.3 is 10.1 Å². The van der Waals surface area contributed by atoms with Gasteiger partial charge in [-0.15, -0.1) is 0 Å². The van der Waals surface area contributed by atoms with E-state index in [1.807, 2.05) is 27.7 Å². The molecule has 0 aromatic rings. The summed E-state index contributed by atoms with van der Waals surface area (Å²) >= 11 is 4.23. The van der Waals surface area contributed by atoms with Gasteiger partial charge in [-0.05, 0) is 33.6 Å². The first-order chi connectivity index (χ1) is 9.47. The Morgan fingerprint density at radius 1 is 1.10 bits per heavy atom. The van der Waals surface area contributed by atoms with Crippen molar-refractivity contribution in [3.63, 3.8) is 0 Å². The number of hydrogen-bond acceptors (Lipinski definition) is 5. The van der Waals surface area contributed by atoms with Crippen molar-refractivity contribution in [3.05, 3.63) is 0 Å². The number of thiol groups is 1. The van der Waals surface area contributed by atoms with E-state index in [2.05, 4.69) is 17.9 Å². The summed E-state index contributed by atoms with van der Waals surface area (Å²) in [5, 5.41) is 3.21. The molecule has 0 radical (unpaired) electrons. The highest BCUT2D eigenvalue weighted by Gasteiger charge is 2.26. The highest BCUT2D eigenvalue weighted by Crippen LogP contribution is 2.15. The van der Waals surface area contributed by atoms with E-state index < -0.39 is 10.3 Å². The SMILES string of the molecule is CC(C)CC(=O)C(C)(C)NCCOCCC(=O)C(C)(C)S. The van der Waals surface area contributed by atoms with Crippen LogP contribution in [0.4, 0.5) is 0 Å². The molecule has 0 heterocycles. The van der Waals surface area contributed by atoms with Crippen molar-refractivity contribution in [2.45, 2.75) is 64.7 Å². The van der Waals surface area contributed by atoms with E-state index >= 15 is 0 Å². The zero-order valence-corrected chi connectivity index (χ0v) is 15.2. The van der Waals surface area contributed by atoms with Gasteiger partial charge in [-0.25, -0.2) is 0 Å². The standard InChI is InChI=1S/C16H31NO3S/c1-12(2)11-14(19)15(3,4)17-8-10-20-9-7-13(18)16(5,6)21/h12,17,21H,7-11H2,1-6H3. The molecule has 0 aliphatic rings. The van der Waals surface area contributed by atoms with Crippen LogP contribution in [0.3, 0.4) is 0 Å². The lowest BCUT2D eigenvalue weighted by atomic mass is 9.92. The summed E-state index contributed by atoms with van der Waals surface area (Å²) in [6.07, 6.45) is 0.943. The van der Waals surface area contributed by atoms with Gasteiger partial charge in [0.1, 0.15) is 5.78 Å². The van der Waals surface area contributed by atoms with Gasteiger partial charge in [-0.3, -0.25) is 9.59 Å². The molecule has 0 spiro atoms. The van der Waals surface area contributed by atoms with Gasteiger partial charge >= 0.3 is 0 Å². The number of rotatable bonds is 11. The zero-order chi connectivity index (χ0) is 16.7. The Balaban J connectivity index is 3.85. The molecule has 0 saturated carbocycles. The van der Waals surface area contributed by atoms with Gasteiger partial charge in [-0.2, -0.15) is 12.6 Å². The molecule has 0 rings (SSSR count). The molecule has 0 aromatic heterocycles. The first-order valence-electron chi connectivity index (χ1n) is 7.58. The lowest BCUT2D eigenvalue weighted by Crippen LogP contribution is -2.48. The predicted octanol–water partition coefficient (Wildman–Crippen LogP) is 2.65. The number of carbonyl (C=O) groups excluding carboxylic acids is 2. The first kappa shape index (κ1) is 20.6. The molecule has 5 heteroatoms. The summed E-state index contributed by atoms with van der Waals surface area (Å²) in [5.74, 6) is 0.654. The van der Waals surface area contributed by atoms with E-state index in [1.54, 1.807) is 13.8 Å². The molecule has 0 atom stereocenters. The number of ketones is 2. The molecule has 124 valence electrons. The molecular formula is C16H31NO3S. The highest BCUT2D eigenvalue weighted by molar-refractivity contribution is 7.82. The molecule has 0 bridgehead atoms. The first-order valence-corrected chi connectivity index (χ1v) is 8.03. The summed E-state index contributed by atoms with van der Waals surface area (Å²) < 4.78 is 4.82. The van der Waals surface area contributed by atoms with Gasteiger partial charge in [0.25, 0.3) is 0 Å². The van der Waals surface area contributed by atoms with Gasteiger partial charge in [0.05, 0.1) is 23.5 Å². The monoisotopic (exact) mass is 317 g/mol. The largest absolute Gasteiger partial charge is 0.380 e. The Labute approximate surface area is 134 Å². The van der Waals surface area contributed by atoms with Crippen molar-refractivity contribution in [2.24, 2.45) is 5.92 Å². The summed E-state index contributed by atoms with van der Waals surface area (Å²) in [5.41, 5.74) is -0.531. The minimum Gasteiger partial charge on any atom is -0.380 e. The fourth-order valence-corrected chi connectivity index (χ4v) is 1.84. The van der Waals surface area contributed by atoms with Crippen LogP contribution in [0.1, 0.15) is 54.4 Å². The lowest BCUT2D eigenvalue weighted by Gasteiger charge is -2.25. The van der Waals surface area contributed by atoms with Crippen LogP contribution < -0.4 is 5.32 Å². The highest BCUT2D eigenvalue weighted by atomic mass is 32.1. The van der Waals surface area contributed by atoms with Crippen LogP contribution in [0.25, 0.3) is 0 Å². The van der Waals surface area contributed by atoms with Crippen LogP contribution in [0.2, 0.25) is 0 Å². The Kier molecular flexibility index (Phi) is 8.74. The lowest BCUT2D eigenvalue weighted by molar-refractivity contribution is -0.125. The van der Waals surface area contributed by atoms with Crippen molar-refractivity contribution < 1.29 is 14.3 Å². The molecule has 21 heavy (non-hydrogen) atoms. The second-order valence-electron chi connectivity index (χ2n) is 6.92. The summed E-state index contributed by atoms with van der Waals surface area (Å²) in [7, 11) is 0. The van der Waals surface area contributed by atoms with Gasteiger partial charge in [0, 0.05) is 19.4 Å². The summed E-state index contributed by atoms with van der Waals surface area (Å²) in [6, 6.07) is 0. The van der Waals surface area contributed by atoms with Crippen LogP contribution in [-0.4, -0.2) is 41.6 Å². The quantitative estimate of drug-likeness (QED) is 0.454. The fraction of sp³-hybridized carbons (Fsp3) is 0.875. The fourth-order valence-electron chi connectivity index (χ4n) is 1.73. The smallest absolute Gasteiger partial charge is 0.152 e. The Morgan fingerprint density at radius 2 is 1.67 bits per heavy atom. The Bertz CT molecular complexity index is 346. The van der Waals surface area contributed by atoms with E-state index in [4.69, 9.17) is 4.74 Å². The summed E-state index contributed by atoms with van der Waals surface area (Å²) in [4.78, 5) is 23.7. The van der Waals surface area contributed by atoms with Crippen molar-refractivity contribution in [1.29, 1.82) is 0 Å². The average Bonchev–Trinajstić information content (AvgIpc) is 2.31. The predicted molar refractivity (Wildman–Crippen MR) is 90.1 cm³/mol. The van der Waals surface area contributed by atoms with Crippen molar-refractivity contribution >= 4 is 24.2 Å². The van der Waals surface area contributed by atoms with E-state index in [0.29, 0.717) is 38.5 Å². The Morgan fingerprint density at radius 3 is 2.14 bits per heavy atom. The molecular weight excluding hydrogens is 286 g/mol. The number of Topliss-reactive ketones (excluding diaryl/α,β-unsaturated/α-hetero) is 2. The molecule has 0 aliphatic heterocycles. The van der Waals surface area contributed by atoms with E-state index in [-0.39, 0.29) is 11.6 Å². The van der Waals surface area contributed by atoms with Crippen molar-refractivity contribution in [1.82, 2.24) is 5.32 Å². The van der Waals surface area contributed by atoms with E-state index in [9.17, 15) is 9.59 Å². The van der Waals surface area contributed by atoms with Gasteiger partial charge in [0.15, 0.2) is 5.78 Å². The topological polar surface area (TPSA) is 55.4 Å². The normalized spacial score (nSPS) is 12.8. The third-order valence-corrected chi connectivity index (χ3v) is 3.51. The second-order valence-corrected chi connectivity index (χ2v) is 8.04. The van der Waals surface area contributed by atoms with Gasteiger partial charge in [0.2, 0.25) is 0 Å². The van der Waals surface area contributed by atoms with Gasteiger partial charge in [-0.1, -0.05) is 13.8 Å². The van der Waals surface area contributed by atoms with E-state index in [0.717, 1.165) is 0 Å². The van der Waals surface area contributed by atoms with Crippen LogP contribution >= 0.6 is 12.6 Å². The van der Waals surface area contributed by atoms with Crippen LogP contribution in [0.5, 0.6) is 0 Å². The minimum atomic E-state index is -0.604. The third-order valence-electron chi connectivity index (χ3n) is 3.26. The molecule has 0 amide bonds. The molecule has 4 nitrogen and oxygen atoms in total. The van der Waals surface area contributed by atoms with Crippen molar-refractivity contribution in [3.8, 4) is 0 Å². The second kappa shape index (κ2) is 8.91. The number of carbonyl (C=O) groups is 2. The molecule has 0 aliphatic carbocycles.